The number of rotatable bonds is 6. The van der Waals surface area contributed by atoms with Crippen molar-refractivity contribution in [2.45, 2.75) is 0 Å². The van der Waals surface area contributed by atoms with Crippen molar-refractivity contribution in [3.8, 4) is 67.5 Å². The van der Waals surface area contributed by atoms with Crippen LogP contribution in [-0.4, -0.2) is 101 Å². The summed E-state index contributed by atoms with van der Waals surface area (Å²) in [6.45, 7) is 0. The molecule has 0 saturated carbocycles. The first-order chi connectivity index (χ1) is 28.8. The van der Waals surface area contributed by atoms with Crippen molar-refractivity contribution >= 4 is 178 Å². The van der Waals surface area contributed by atoms with E-state index in [1.807, 2.05) is 72.8 Å². The summed E-state index contributed by atoms with van der Waals surface area (Å²) in [6.07, 6.45) is 0. The zero-order valence-corrected chi connectivity index (χ0v) is 32.8. The Morgan fingerprint density at radius 2 is 0.567 bits per heavy atom. The van der Waals surface area contributed by atoms with Crippen molar-refractivity contribution in [2.75, 3.05) is 0 Å². The SMILES string of the molecule is [B]c1c([B])c([B])c(-c2c([B])c([B])c3c(sc4c([B])c(-c5nc(-c6ccccc6)nc(-c6ccc(-c7ccc(-c8ccccc8)cc7)cc6)n5)c([B])c([B])c43)c2[B])c([B])c1[B]. The fourth-order valence-corrected chi connectivity index (χ4v) is 8.90. The van der Waals surface area contributed by atoms with Gasteiger partial charge in [-0.1, -0.05) is 153 Å². The first-order valence-corrected chi connectivity index (χ1v) is 19.5. The van der Waals surface area contributed by atoms with E-state index in [0.717, 1.165) is 33.4 Å². The van der Waals surface area contributed by atoms with Crippen LogP contribution in [0.1, 0.15) is 0 Å². The van der Waals surface area contributed by atoms with Crippen molar-refractivity contribution in [3.05, 3.63) is 109 Å². The molecule has 0 aliphatic rings. The molecule has 0 aliphatic heterocycles. The third-order valence-electron chi connectivity index (χ3n) is 10.9. The van der Waals surface area contributed by atoms with Crippen LogP contribution >= 0.6 is 11.3 Å². The molecule has 0 unspecified atom stereocenters. The molecular weight excluding hydrogens is 734 g/mol. The summed E-state index contributed by atoms with van der Waals surface area (Å²) in [6, 6.07) is 36.3. The lowest BCUT2D eigenvalue weighted by molar-refractivity contribution is 1.08. The summed E-state index contributed by atoms with van der Waals surface area (Å²) in [5.41, 5.74) is 7.89. The molecule has 7 aromatic carbocycles. The number of hydrogen-bond acceptors (Lipinski definition) is 4. The van der Waals surface area contributed by atoms with E-state index in [0.29, 0.717) is 37.4 Å². The van der Waals surface area contributed by atoms with E-state index in [1.54, 1.807) is 0 Å². The molecular formula is C45H18B11N3S. The van der Waals surface area contributed by atoms with Crippen LogP contribution in [0.3, 0.4) is 0 Å². The van der Waals surface area contributed by atoms with Gasteiger partial charge in [0.25, 0.3) is 0 Å². The Hall–Kier alpha value is -5.52. The molecule has 0 aliphatic carbocycles. The maximum absolute atomic E-state index is 7.06. The van der Waals surface area contributed by atoms with Crippen LogP contribution in [0.2, 0.25) is 0 Å². The Labute approximate surface area is 367 Å². The zero-order valence-electron chi connectivity index (χ0n) is 32.0. The highest BCUT2D eigenvalue weighted by atomic mass is 32.1. The first-order valence-electron chi connectivity index (χ1n) is 18.6. The molecule has 3 nitrogen and oxygen atoms in total. The minimum Gasteiger partial charge on any atom is -0.208 e. The summed E-state index contributed by atoms with van der Waals surface area (Å²) < 4.78 is 1.04. The highest BCUT2D eigenvalue weighted by molar-refractivity contribution is 7.28. The van der Waals surface area contributed by atoms with Crippen LogP contribution in [0.4, 0.5) is 0 Å². The first kappa shape index (κ1) is 39.9. The minimum absolute atomic E-state index is 0.0350. The molecule has 0 saturated heterocycles. The number of fused-ring (bicyclic) bond motifs is 3. The number of nitrogens with zero attached hydrogens (tertiary/aromatic N) is 3. The molecule has 252 valence electrons. The van der Waals surface area contributed by atoms with Gasteiger partial charge in [0.05, 0.1) is 0 Å². The van der Waals surface area contributed by atoms with Crippen LogP contribution < -0.4 is 60.1 Å². The largest absolute Gasteiger partial charge is 0.208 e. The average molecular weight is 752 g/mol. The third kappa shape index (κ3) is 6.48. The Bertz CT molecular complexity index is 3170. The predicted molar refractivity (Wildman–Crippen MR) is 265 cm³/mol. The van der Waals surface area contributed by atoms with Crippen LogP contribution in [0.25, 0.3) is 87.7 Å². The Morgan fingerprint density at radius 3 is 1.03 bits per heavy atom. The maximum Gasteiger partial charge on any atom is 0.164 e. The number of thiophene rings is 1. The Balaban J connectivity index is 1.20. The van der Waals surface area contributed by atoms with Gasteiger partial charge >= 0.3 is 0 Å². The van der Waals surface area contributed by atoms with Gasteiger partial charge in [-0.15, -0.1) is 27.7 Å². The Kier molecular flexibility index (Phi) is 10.3. The minimum atomic E-state index is 0.0350. The van der Waals surface area contributed by atoms with Gasteiger partial charge < -0.3 is 0 Å². The number of benzene rings is 7. The summed E-state index contributed by atoms with van der Waals surface area (Å²) >= 11 is 1.24. The van der Waals surface area contributed by atoms with Gasteiger partial charge in [0.15, 0.2) is 17.5 Å². The fourth-order valence-electron chi connectivity index (χ4n) is 7.64. The quantitative estimate of drug-likeness (QED) is 0.205. The van der Waals surface area contributed by atoms with Crippen molar-refractivity contribution in [3.63, 3.8) is 0 Å². The topological polar surface area (TPSA) is 38.7 Å². The highest BCUT2D eigenvalue weighted by Crippen LogP contribution is 2.33. The molecule has 60 heavy (non-hydrogen) atoms. The van der Waals surface area contributed by atoms with Crippen molar-refractivity contribution in [2.24, 2.45) is 0 Å². The third-order valence-corrected chi connectivity index (χ3v) is 12.2. The van der Waals surface area contributed by atoms with E-state index in [9.17, 15) is 0 Å². The lowest BCUT2D eigenvalue weighted by atomic mass is 9.57. The molecule has 0 spiro atoms. The molecule has 9 rings (SSSR count). The smallest absolute Gasteiger partial charge is 0.164 e. The molecule has 9 aromatic rings. The Morgan fingerprint density at radius 1 is 0.267 bits per heavy atom. The summed E-state index contributed by atoms with van der Waals surface area (Å²) in [5.74, 6) is 1.03. The van der Waals surface area contributed by atoms with Gasteiger partial charge in [0, 0.05) is 26.1 Å². The van der Waals surface area contributed by atoms with Crippen molar-refractivity contribution < 1.29 is 0 Å². The maximum atomic E-state index is 7.06. The lowest BCUT2D eigenvalue weighted by Crippen LogP contribution is -2.56. The average Bonchev–Trinajstić information content (AvgIpc) is 3.70. The summed E-state index contributed by atoms with van der Waals surface area (Å²) in [5, 5.41) is 0.930. The molecule has 15 heteroatoms. The van der Waals surface area contributed by atoms with E-state index in [4.69, 9.17) is 101 Å². The van der Waals surface area contributed by atoms with Gasteiger partial charge in [0.1, 0.15) is 86.3 Å². The standard InChI is InChI=1S/C45H18B11N3S/c46-30-26(25-31(47)38(54)40(56)39(55)32(25)48)36(52)41-27(33(30)49)28-34(50)35(51)29(37(53)42(28)60-41)45-58-43(23-9-5-2-6-10-23)57-44(59-45)24-17-15-22(16-18-24)21-13-11-20(12-14-21)19-7-3-1-4-8-19/h1-18H. The molecule has 0 bridgehead atoms. The highest BCUT2D eigenvalue weighted by Gasteiger charge is 2.25. The number of hydrogen-bond donors (Lipinski definition) is 0. The molecule has 0 atom stereocenters. The van der Waals surface area contributed by atoms with E-state index in [-0.39, 0.29) is 77.0 Å². The fraction of sp³-hybridized carbons (Fsp3) is 0. The molecule has 0 N–H and O–H groups in total. The summed E-state index contributed by atoms with van der Waals surface area (Å²) in [4.78, 5) is 14.8. The van der Waals surface area contributed by atoms with Gasteiger partial charge in [-0.2, -0.15) is 0 Å². The molecule has 0 fully saturated rings. The molecule has 22 radical (unpaired) electrons. The van der Waals surface area contributed by atoms with Gasteiger partial charge in [0.2, 0.25) is 0 Å². The van der Waals surface area contributed by atoms with Gasteiger partial charge in [-0.3, -0.25) is 0 Å². The monoisotopic (exact) mass is 753 g/mol. The second-order valence-electron chi connectivity index (χ2n) is 14.4. The zero-order chi connectivity index (χ0) is 42.1. The predicted octanol–water partition coefficient (Wildman–Crippen LogP) is -1.03. The van der Waals surface area contributed by atoms with Crippen LogP contribution in [0, 0.1) is 0 Å². The van der Waals surface area contributed by atoms with Crippen LogP contribution in [-0.2, 0) is 0 Å². The van der Waals surface area contributed by atoms with Gasteiger partial charge in [-0.05, 0) is 44.2 Å². The summed E-state index contributed by atoms with van der Waals surface area (Å²) in [7, 11) is 72.7. The van der Waals surface area contributed by atoms with Crippen molar-refractivity contribution in [1.82, 2.24) is 15.0 Å². The van der Waals surface area contributed by atoms with E-state index in [1.165, 1.54) is 11.3 Å². The second kappa shape index (κ2) is 15.5. The normalized spacial score (nSPS) is 11.4. The number of aromatic nitrogens is 3. The second-order valence-corrected chi connectivity index (χ2v) is 15.4. The van der Waals surface area contributed by atoms with Crippen LogP contribution in [0.5, 0.6) is 0 Å². The molecule has 2 heterocycles. The molecule has 2 aromatic heterocycles. The lowest BCUT2D eigenvalue weighted by Gasteiger charge is -2.26. The molecule has 0 amide bonds. The van der Waals surface area contributed by atoms with E-state index in [2.05, 4.69) is 36.4 Å². The van der Waals surface area contributed by atoms with Crippen LogP contribution in [0.15, 0.2) is 109 Å². The van der Waals surface area contributed by atoms with E-state index >= 15 is 0 Å². The van der Waals surface area contributed by atoms with E-state index < -0.39 is 0 Å². The van der Waals surface area contributed by atoms with Gasteiger partial charge in [-0.25, -0.2) is 15.0 Å². The van der Waals surface area contributed by atoms with Crippen molar-refractivity contribution in [1.29, 1.82) is 0 Å².